The number of hydrogen-bond acceptors (Lipinski definition) is 5. The number of fused-ring (bicyclic) bond motifs is 3. The van der Waals surface area contributed by atoms with E-state index in [2.05, 4.69) is 16.0 Å². The number of nitrogens with zero attached hydrogens (tertiary/aromatic N) is 5. The fourth-order valence-electron chi connectivity index (χ4n) is 4.63. The van der Waals surface area contributed by atoms with Crippen LogP contribution in [0.2, 0.25) is 0 Å². The van der Waals surface area contributed by atoms with E-state index in [1.54, 1.807) is 35.6 Å². The third kappa shape index (κ3) is 6.08. The average Bonchev–Trinajstić information content (AvgIpc) is 3.47. The molecule has 1 aliphatic heterocycles. The highest BCUT2D eigenvalue weighted by Crippen LogP contribution is 2.29. The molecule has 1 aliphatic rings. The molecule has 38 heavy (non-hydrogen) atoms. The lowest BCUT2D eigenvalue weighted by atomic mass is 9.98. The molecule has 8 nitrogen and oxygen atoms in total. The second kappa shape index (κ2) is 11.7. The van der Waals surface area contributed by atoms with E-state index in [-0.39, 0.29) is 11.8 Å². The third-order valence-electron chi connectivity index (χ3n) is 6.79. The van der Waals surface area contributed by atoms with Gasteiger partial charge >= 0.3 is 0 Å². The van der Waals surface area contributed by atoms with Gasteiger partial charge in [0.15, 0.2) is 0 Å². The Hall–Kier alpha value is -4.46. The Balaban J connectivity index is 1.42. The number of benzene rings is 2. The Morgan fingerprint density at radius 3 is 2.66 bits per heavy atom. The maximum atomic E-state index is 13.2. The molecule has 0 unspecified atom stereocenters. The number of rotatable bonds is 4. The molecule has 2 aromatic heterocycles. The molecule has 2 aromatic carbocycles. The standard InChI is InChI=1S/C30H31N5O3/c1-33-14-15-35(29(36)9-12-34-13-11-32-22-34)16-17-38-28-8-7-24(26-6-3-10-31-21-26)20-27(28)19-23-4-2-5-25(18-23)30(33)37/h2-8,10-11,13,18,20-22H,9,12,14-17,19H2,1H3. The summed E-state index contributed by atoms with van der Waals surface area (Å²) in [5.74, 6) is 0.731. The fraction of sp³-hybridized carbons (Fsp3) is 0.267. The van der Waals surface area contributed by atoms with Crippen molar-refractivity contribution in [2.45, 2.75) is 19.4 Å². The van der Waals surface area contributed by atoms with Gasteiger partial charge in [-0.15, -0.1) is 0 Å². The number of ether oxygens (including phenoxy) is 1. The molecule has 194 valence electrons. The summed E-state index contributed by atoms with van der Waals surface area (Å²) >= 11 is 0. The first-order chi connectivity index (χ1) is 18.6. The summed E-state index contributed by atoms with van der Waals surface area (Å²) in [5, 5.41) is 0. The zero-order valence-electron chi connectivity index (χ0n) is 21.5. The molecule has 0 saturated carbocycles. The van der Waals surface area contributed by atoms with Crippen molar-refractivity contribution in [1.82, 2.24) is 24.3 Å². The first-order valence-corrected chi connectivity index (χ1v) is 12.8. The van der Waals surface area contributed by atoms with Gasteiger partial charge in [-0.25, -0.2) is 4.98 Å². The predicted molar refractivity (Wildman–Crippen MR) is 145 cm³/mol. The summed E-state index contributed by atoms with van der Waals surface area (Å²) in [6.45, 7) is 2.21. The van der Waals surface area contributed by atoms with E-state index in [4.69, 9.17) is 4.74 Å². The maximum Gasteiger partial charge on any atom is 0.253 e. The molecule has 8 heteroatoms. The first kappa shape index (κ1) is 25.2. The zero-order valence-corrected chi connectivity index (χ0v) is 21.5. The number of carbonyl (C=O) groups excluding carboxylic acids is 2. The van der Waals surface area contributed by atoms with Crippen molar-refractivity contribution in [3.8, 4) is 16.9 Å². The van der Waals surface area contributed by atoms with Crippen molar-refractivity contribution in [3.63, 3.8) is 0 Å². The molecule has 0 spiro atoms. The number of likely N-dealkylation sites (N-methyl/N-ethyl adjacent to an activating group) is 1. The van der Waals surface area contributed by atoms with E-state index in [9.17, 15) is 9.59 Å². The molecule has 0 fully saturated rings. The van der Waals surface area contributed by atoms with Crippen molar-refractivity contribution in [1.29, 1.82) is 0 Å². The highest BCUT2D eigenvalue weighted by atomic mass is 16.5. The molecular formula is C30H31N5O3. The minimum atomic E-state index is -0.0599. The van der Waals surface area contributed by atoms with Crippen molar-refractivity contribution in [3.05, 3.63) is 102 Å². The van der Waals surface area contributed by atoms with Crippen LogP contribution in [0, 0.1) is 0 Å². The SMILES string of the molecule is CN1CCN(C(=O)CCn2ccnc2)CCOc2ccc(-c3cccnc3)cc2Cc2cccc(c2)C1=O. The summed E-state index contributed by atoms with van der Waals surface area (Å²) in [6.07, 6.45) is 9.81. The lowest BCUT2D eigenvalue weighted by Crippen LogP contribution is -2.41. The number of carbonyl (C=O) groups is 2. The molecule has 2 amide bonds. The van der Waals surface area contributed by atoms with Crippen LogP contribution < -0.4 is 4.74 Å². The van der Waals surface area contributed by atoms with Crippen LogP contribution in [0.4, 0.5) is 0 Å². The monoisotopic (exact) mass is 509 g/mol. The van der Waals surface area contributed by atoms with E-state index in [1.165, 1.54) is 0 Å². The molecule has 4 aromatic rings. The van der Waals surface area contributed by atoms with Gasteiger partial charge < -0.3 is 19.1 Å². The molecule has 2 bridgehead atoms. The molecule has 5 rings (SSSR count). The quantitative estimate of drug-likeness (QED) is 0.417. The van der Waals surface area contributed by atoms with Gasteiger partial charge in [-0.3, -0.25) is 14.6 Å². The van der Waals surface area contributed by atoms with Crippen LogP contribution in [0.3, 0.4) is 0 Å². The van der Waals surface area contributed by atoms with Crippen molar-refractivity contribution >= 4 is 11.8 Å². The lowest BCUT2D eigenvalue weighted by molar-refractivity contribution is -0.132. The molecular weight excluding hydrogens is 478 g/mol. The molecule has 3 heterocycles. The summed E-state index contributed by atoms with van der Waals surface area (Å²) in [5.41, 5.74) is 4.75. The number of aryl methyl sites for hydroxylation is 1. The summed E-state index contributed by atoms with van der Waals surface area (Å²) in [4.78, 5) is 38.1. The number of hydrogen-bond donors (Lipinski definition) is 0. The highest BCUT2D eigenvalue weighted by molar-refractivity contribution is 5.94. The van der Waals surface area contributed by atoms with Gasteiger partial charge in [0.2, 0.25) is 5.91 Å². The van der Waals surface area contributed by atoms with Crippen LogP contribution in [0.15, 0.2) is 85.7 Å². The van der Waals surface area contributed by atoms with Crippen LogP contribution in [0.5, 0.6) is 5.75 Å². The fourth-order valence-corrected chi connectivity index (χ4v) is 4.63. The summed E-state index contributed by atoms with van der Waals surface area (Å²) in [6, 6.07) is 17.8. The first-order valence-electron chi connectivity index (χ1n) is 12.8. The number of aromatic nitrogens is 3. The van der Waals surface area contributed by atoms with Gasteiger partial charge in [-0.1, -0.05) is 24.3 Å². The van der Waals surface area contributed by atoms with Gasteiger partial charge in [0, 0.05) is 75.4 Å². The largest absolute Gasteiger partial charge is 0.491 e. The van der Waals surface area contributed by atoms with Crippen molar-refractivity contribution in [2.24, 2.45) is 0 Å². The van der Waals surface area contributed by atoms with Gasteiger partial charge in [-0.05, 0) is 47.0 Å². The highest BCUT2D eigenvalue weighted by Gasteiger charge is 2.19. The van der Waals surface area contributed by atoms with E-state index >= 15 is 0 Å². The van der Waals surface area contributed by atoms with E-state index in [0.29, 0.717) is 51.2 Å². The maximum absolute atomic E-state index is 13.2. The van der Waals surface area contributed by atoms with Gasteiger partial charge in [-0.2, -0.15) is 0 Å². The van der Waals surface area contributed by atoms with Gasteiger partial charge in [0.25, 0.3) is 5.91 Å². The van der Waals surface area contributed by atoms with Crippen LogP contribution in [0.1, 0.15) is 27.9 Å². The van der Waals surface area contributed by atoms with Crippen LogP contribution in [-0.4, -0.2) is 69.4 Å². The molecule has 0 atom stereocenters. The van der Waals surface area contributed by atoms with Crippen LogP contribution in [0.25, 0.3) is 11.1 Å². The van der Waals surface area contributed by atoms with Crippen molar-refractivity contribution in [2.75, 3.05) is 33.3 Å². The Morgan fingerprint density at radius 1 is 0.947 bits per heavy atom. The topological polar surface area (TPSA) is 80.6 Å². The second-order valence-corrected chi connectivity index (χ2v) is 9.45. The average molecular weight is 510 g/mol. The zero-order chi connectivity index (χ0) is 26.3. The Kier molecular flexibility index (Phi) is 7.78. The number of imidazole rings is 1. The summed E-state index contributed by atoms with van der Waals surface area (Å²) < 4.78 is 8.15. The molecule has 0 radical (unpaired) electrons. The Bertz CT molecular complexity index is 1390. The second-order valence-electron chi connectivity index (χ2n) is 9.45. The third-order valence-corrected chi connectivity index (χ3v) is 6.79. The molecule has 0 N–H and O–H groups in total. The summed E-state index contributed by atoms with van der Waals surface area (Å²) in [7, 11) is 1.78. The smallest absolute Gasteiger partial charge is 0.253 e. The lowest BCUT2D eigenvalue weighted by Gasteiger charge is -2.27. The Labute approximate surface area is 222 Å². The number of pyridine rings is 1. The molecule has 0 saturated heterocycles. The van der Waals surface area contributed by atoms with E-state index < -0.39 is 0 Å². The normalized spacial score (nSPS) is 14.4. The minimum absolute atomic E-state index is 0.0180. The van der Waals surface area contributed by atoms with Gasteiger partial charge in [0.05, 0.1) is 12.9 Å². The van der Waals surface area contributed by atoms with Crippen LogP contribution >= 0.6 is 0 Å². The number of amides is 2. The Morgan fingerprint density at radius 2 is 1.84 bits per heavy atom. The predicted octanol–water partition coefficient (Wildman–Crippen LogP) is 3.92. The minimum Gasteiger partial charge on any atom is -0.491 e. The van der Waals surface area contributed by atoms with E-state index in [1.807, 2.05) is 65.5 Å². The van der Waals surface area contributed by atoms with Crippen molar-refractivity contribution < 1.29 is 14.3 Å². The van der Waals surface area contributed by atoms with Gasteiger partial charge in [0.1, 0.15) is 12.4 Å². The van der Waals surface area contributed by atoms with E-state index in [0.717, 1.165) is 28.0 Å². The molecule has 0 aliphatic carbocycles. The van der Waals surface area contributed by atoms with Crippen LogP contribution in [-0.2, 0) is 17.8 Å².